The number of amides is 1. The summed E-state index contributed by atoms with van der Waals surface area (Å²) in [5.74, 6) is -0.490. The van der Waals surface area contributed by atoms with Crippen LogP contribution in [0.15, 0.2) is 53.5 Å². The van der Waals surface area contributed by atoms with Crippen LogP contribution in [0, 0.1) is 11.3 Å². The molecule has 8 heteroatoms. The summed E-state index contributed by atoms with van der Waals surface area (Å²) in [5.41, 5.74) is 8.37. The van der Waals surface area contributed by atoms with Gasteiger partial charge in [0.2, 0.25) is 11.1 Å². The van der Waals surface area contributed by atoms with Gasteiger partial charge in [0.25, 0.3) is 5.91 Å². The summed E-state index contributed by atoms with van der Waals surface area (Å²) in [5, 5.41) is 14.2. The van der Waals surface area contributed by atoms with Crippen molar-refractivity contribution in [3.8, 4) is 6.07 Å². The molecule has 0 saturated heterocycles. The number of thiocarbonyl (C=S) groups is 1. The number of nitriles is 1. The summed E-state index contributed by atoms with van der Waals surface area (Å²) in [6, 6.07) is 15.8. The van der Waals surface area contributed by atoms with Crippen molar-refractivity contribution in [2.45, 2.75) is 0 Å². The molecule has 0 spiro atoms. The second-order valence-electron chi connectivity index (χ2n) is 5.51. The maximum Gasteiger partial charge on any atom is 0.257 e. The molecule has 0 atom stereocenters. The molecular formula is C18H18N6OS. The van der Waals surface area contributed by atoms with Crippen molar-refractivity contribution >= 4 is 40.6 Å². The van der Waals surface area contributed by atoms with Crippen molar-refractivity contribution in [1.29, 1.82) is 5.26 Å². The lowest BCUT2D eigenvalue weighted by Gasteiger charge is -2.12. The van der Waals surface area contributed by atoms with Crippen LogP contribution in [0.2, 0.25) is 0 Å². The number of rotatable bonds is 3. The summed E-state index contributed by atoms with van der Waals surface area (Å²) in [6.45, 7) is 0. The minimum absolute atomic E-state index is 0.0930. The number of nitrogens with one attached hydrogen (secondary N) is 2. The third kappa shape index (κ3) is 5.29. The zero-order valence-electron chi connectivity index (χ0n) is 14.4. The van der Waals surface area contributed by atoms with Crippen molar-refractivity contribution < 1.29 is 4.79 Å². The molecule has 0 aliphatic carbocycles. The van der Waals surface area contributed by atoms with E-state index in [2.05, 4.69) is 15.6 Å². The van der Waals surface area contributed by atoms with E-state index < -0.39 is 0 Å². The van der Waals surface area contributed by atoms with E-state index in [4.69, 9.17) is 23.2 Å². The second-order valence-corrected chi connectivity index (χ2v) is 5.90. The van der Waals surface area contributed by atoms with E-state index in [-0.39, 0.29) is 17.0 Å². The lowest BCUT2D eigenvalue weighted by molar-refractivity contribution is 0.0976. The molecule has 2 aromatic carbocycles. The fourth-order valence-corrected chi connectivity index (χ4v) is 2.23. The van der Waals surface area contributed by atoms with Crippen molar-refractivity contribution in [2.75, 3.05) is 24.3 Å². The first kappa shape index (κ1) is 18.9. The number of carbonyl (C=O) groups is 1. The Bertz CT molecular complexity index is 866. The number of nitrogens with zero attached hydrogens (tertiary/aromatic N) is 3. The topological polar surface area (TPSA) is 107 Å². The Morgan fingerprint density at radius 1 is 1.15 bits per heavy atom. The third-order valence-electron chi connectivity index (χ3n) is 3.37. The Morgan fingerprint density at radius 3 is 2.31 bits per heavy atom. The van der Waals surface area contributed by atoms with Gasteiger partial charge < -0.3 is 16.0 Å². The van der Waals surface area contributed by atoms with Gasteiger partial charge in [0.1, 0.15) is 0 Å². The molecule has 0 aliphatic rings. The number of carbonyl (C=O) groups excluding carboxylic acids is 1. The molecule has 0 bridgehead atoms. The first-order chi connectivity index (χ1) is 12.4. The summed E-state index contributed by atoms with van der Waals surface area (Å²) in [7, 11) is 3.84. The zero-order valence-corrected chi connectivity index (χ0v) is 15.2. The molecule has 0 aromatic heterocycles. The van der Waals surface area contributed by atoms with E-state index in [9.17, 15) is 4.79 Å². The molecule has 1 amide bonds. The molecule has 4 N–H and O–H groups in total. The van der Waals surface area contributed by atoms with Crippen molar-refractivity contribution in [3.05, 3.63) is 59.7 Å². The number of guanidine groups is 1. The van der Waals surface area contributed by atoms with Gasteiger partial charge in [-0.05, 0) is 60.7 Å². The van der Waals surface area contributed by atoms with Crippen LogP contribution in [0.25, 0.3) is 0 Å². The van der Waals surface area contributed by atoms with Gasteiger partial charge >= 0.3 is 0 Å². The number of benzene rings is 2. The lowest BCUT2D eigenvalue weighted by Crippen LogP contribution is -2.37. The van der Waals surface area contributed by atoms with Crippen LogP contribution in [-0.2, 0) is 0 Å². The van der Waals surface area contributed by atoms with Crippen LogP contribution in [0.5, 0.6) is 0 Å². The first-order valence-electron chi connectivity index (χ1n) is 7.63. The maximum atomic E-state index is 12.2. The highest BCUT2D eigenvalue weighted by atomic mass is 32.1. The fraction of sp³-hybridized carbons (Fsp3) is 0.111. The first-order valence-corrected chi connectivity index (χ1v) is 8.04. The highest BCUT2D eigenvalue weighted by molar-refractivity contribution is 7.80. The number of nitrogens with two attached hydrogens (primary N) is 1. The van der Waals surface area contributed by atoms with Gasteiger partial charge in [0.05, 0.1) is 11.6 Å². The molecule has 0 heterocycles. The SMILES string of the molecule is CN(C)c1ccc(C(=O)N/C(N)=N/C(=S)Nc2ccc(C#N)cc2)cc1. The predicted octanol–water partition coefficient (Wildman–Crippen LogP) is 2.07. The Hall–Kier alpha value is -3.44. The van der Waals surface area contributed by atoms with Gasteiger partial charge in [-0.2, -0.15) is 10.3 Å². The van der Waals surface area contributed by atoms with Crippen molar-refractivity contribution in [3.63, 3.8) is 0 Å². The second kappa shape index (κ2) is 8.60. The number of aliphatic imine (C=N–C) groups is 1. The molecule has 2 rings (SSSR count). The Labute approximate surface area is 157 Å². The van der Waals surface area contributed by atoms with Gasteiger partial charge in [-0.3, -0.25) is 10.1 Å². The zero-order chi connectivity index (χ0) is 19.1. The molecule has 0 unspecified atom stereocenters. The van der Waals surface area contributed by atoms with E-state index in [1.165, 1.54) is 0 Å². The average molecular weight is 366 g/mol. The highest BCUT2D eigenvalue weighted by Gasteiger charge is 2.08. The fourth-order valence-electron chi connectivity index (χ4n) is 2.02. The van der Waals surface area contributed by atoms with E-state index in [1.807, 2.05) is 37.2 Å². The van der Waals surface area contributed by atoms with E-state index >= 15 is 0 Å². The minimum atomic E-state index is -0.377. The Balaban J connectivity index is 1.96. The van der Waals surface area contributed by atoms with Crippen molar-refractivity contribution in [1.82, 2.24) is 5.32 Å². The number of anilines is 2. The van der Waals surface area contributed by atoms with Crippen LogP contribution in [0.1, 0.15) is 15.9 Å². The Kier molecular flexibility index (Phi) is 6.25. The van der Waals surface area contributed by atoms with Gasteiger partial charge in [-0.15, -0.1) is 0 Å². The summed E-state index contributed by atoms with van der Waals surface area (Å²) < 4.78 is 0. The molecule has 0 aliphatic heterocycles. The smallest absolute Gasteiger partial charge is 0.257 e. The molecule has 0 fully saturated rings. The van der Waals surface area contributed by atoms with Gasteiger partial charge in [-0.1, -0.05) is 0 Å². The standard InChI is InChI=1S/C18H18N6OS/c1-24(2)15-9-5-13(6-10-15)16(25)22-17(20)23-18(26)21-14-7-3-12(11-19)4-8-14/h3-10H,1-2H3,(H4,20,21,22,23,25,26). The van der Waals surface area contributed by atoms with Crippen LogP contribution in [-0.4, -0.2) is 31.1 Å². The largest absolute Gasteiger partial charge is 0.378 e. The van der Waals surface area contributed by atoms with Crippen molar-refractivity contribution in [2.24, 2.45) is 10.7 Å². The summed E-state index contributed by atoms with van der Waals surface area (Å²) in [4.78, 5) is 18.0. The molecule has 26 heavy (non-hydrogen) atoms. The molecule has 0 radical (unpaired) electrons. The maximum absolute atomic E-state index is 12.2. The van der Waals surface area contributed by atoms with E-state index in [0.29, 0.717) is 16.8 Å². The molecule has 7 nitrogen and oxygen atoms in total. The highest BCUT2D eigenvalue weighted by Crippen LogP contribution is 2.12. The van der Waals surface area contributed by atoms with Gasteiger partial charge in [0, 0.05) is 31.0 Å². The lowest BCUT2D eigenvalue weighted by atomic mass is 10.2. The molecule has 132 valence electrons. The molecule has 0 saturated carbocycles. The van der Waals surface area contributed by atoms with Crippen LogP contribution < -0.4 is 21.3 Å². The number of hydrogen-bond donors (Lipinski definition) is 3. The van der Waals surface area contributed by atoms with Gasteiger partial charge in [0.15, 0.2) is 0 Å². The molecule has 2 aromatic rings. The quantitative estimate of drug-likeness (QED) is 0.436. The van der Waals surface area contributed by atoms with Crippen LogP contribution in [0.4, 0.5) is 11.4 Å². The normalized spacial score (nSPS) is 10.6. The van der Waals surface area contributed by atoms with E-state index in [1.54, 1.807) is 36.4 Å². The van der Waals surface area contributed by atoms with Gasteiger partial charge in [-0.25, -0.2) is 0 Å². The third-order valence-corrected chi connectivity index (χ3v) is 3.57. The molecular weight excluding hydrogens is 348 g/mol. The number of hydrogen-bond acceptors (Lipinski definition) is 4. The minimum Gasteiger partial charge on any atom is -0.378 e. The summed E-state index contributed by atoms with van der Waals surface area (Å²) in [6.07, 6.45) is 0. The predicted molar refractivity (Wildman–Crippen MR) is 107 cm³/mol. The monoisotopic (exact) mass is 366 g/mol. The van der Waals surface area contributed by atoms with Crippen LogP contribution >= 0.6 is 12.2 Å². The summed E-state index contributed by atoms with van der Waals surface area (Å²) >= 11 is 5.09. The van der Waals surface area contributed by atoms with Crippen LogP contribution in [0.3, 0.4) is 0 Å². The Morgan fingerprint density at radius 2 is 1.77 bits per heavy atom. The average Bonchev–Trinajstić information content (AvgIpc) is 2.62. The van der Waals surface area contributed by atoms with E-state index in [0.717, 1.165) is 5.69 Å².